The number of carbonyl (C=O) groups is 1. The Morgan fingerprint density at radius 3 is 2.55 bits per heavy atom. The van der Waals surface area contributed by atoms with Gasteiger partial charge >= 0.3 is 5.97 Å². The summed E-state index contributed by atoms with van der Waals surface area (Å²) in [7, 11) is 0. The van der Waals surface area contributed by atoms with Gasteiger partial charge in [-0.15, -0.1) is 0 Å². The summed E-state index contributed by atoms with van der Waals surface area (Å²) in [6.45, 7) is 13.0. The van der Waals surface area contributed by atoms with E-state index in [1.807, 2.05) is 6.92 Å². The highest BCUT2D eigenvalue weighted by atomic mass is 16.5. The number of morpholine rings is 1. The molecule has 2 heterocycles. The molecule has 2 unspecified atom stereocenters. The van der Waals surface area contributed by atoms with Crippen LogP contribution in [0.25, 0.3) is 0 Å². The topological polar surface area (TPSA) is 53.0 Å². The molecule has 0 aromatic heterocycles. The Morgan fingerprint density at radius 1 is 1.25 bits per heavy atom. The number of aliphatic carboxylic acids is 1. The summed E-state index contributed by atoms with van der Waals surface area (Å²) in [4.78, 5) is 15.7. The monoisotopic (exact) mass is 284 g/mol. The summed E-state index contributed by atoms with van der Waals surface area (Å²) in [5, 5.41) is 8.99. The molecule has 0 aromatic carbocycles. The number of hydrogen-bond acceptors (Lipinski definition) is 4. The predicted molar refractivity (Wildman–Crippen MR) is 77.7 cm³/mol. The van der Waals surface area contributed by atoms with Crippen molar-refractivity contribution in [3.63, 3.8) is 0 Å². The highest BCUT2D eigenvalue weighted by Gasteiger charge is 2.36. The Morgan fingerprint density at radius 2 is 1.95 bits per heavy atom. The van der Waals surface area contributed by atoms with Crippen molar-refractivity contribution < 1.29 is 14.6 Å². The molecule has 0 aromatic rings. The first-order valence-electron chi connectivity index (χ1n) is 7.74. The minimum Gasteiger partial charge on any atom is -0.481 e. The van der Waals surface area contributed by atoms with E-state index in [2.05, 4.69) is 23.6 Å². The van der Waals surface area contributed by atoms with Crippen molar-refractivity contribution in [1.82, 2.24) is 9.80 Å². The van der Waals surface area contributed by atoms with Crippen molar-refractivity contribution >= 4 is 5.97 Å². The summed E-state index contributed by atoms with van der Waals surface area (Å²) in [5.41, 5.74) is 0. The van der Waals surface area contributed by atoms with Gasteiger partial charge in [-0.05, 0) is 11.8 Å². The average molecular weight is 284 g/mol. The highest BCUT2D eigenvalue weighted by Crippen LogP contribution is 2.24. The van der Waals surface area contributed by atoms with Gasteiger partial charge in [0, 0.05) is 39.3 Å². The number of likely N-dealkylation sites (tertiary alicyclic amines) is 1. The highest BCUT2D eigenvalue weighted by molar-refractivity contribution is 5.70. The van der Waals surface area contributed by atoms with Gasteiger partial charge in [-0.25, -0.2) is 0 Å². The van der Waals surface area contributed by atoms with Gasteiger partial charge < -0.3 is 14.7 Å². The van der Waals surface area contributed by atoms with E-state index in [0.29, 0.717) is 11.8 Å². The molecule has 2 fully saturated rings. The van der Waals surface area contributed by atoms with Crippen LogP contribution in [-0.4, -0.2) is 72.9 Å². The van der Waals surface area contributed by atoms with E-state index in [1.165, 1.54) is 0 Å². The number of rotatable bonds is 6. The molecule has 2 rings (SSSR count). The van der Waals surface area contributed by atoms with Gasteiger partial charge in [-0.1, -0.05) is 20.8 Å². The average Bonchev–Trinajstić information content (AvgIpc) is 2.32. The molecule has 5 heteroatoms. The van der Waals surface area contributed by atoms with E-state index in [1.54, 1.807) is 0 Å². The van der Waals surface area contributed by atoms with Crippen molar-refractivity contribution in [2.24, 2.45) is 17.8 Å². The van der Waals surface area contributed by atoms with Crippen LogP contribution >= 0.6 is 0 Å². The Labute approximate surface area is 121 Å². The van der Waals surface area contributed by atoms with Gasteiger partial charge in [0.05, 0.1) is 18.6 Å². The molecule has 0 spiro atoms. The van der Waals surface area contributed by atoms with Gasteiger partial charge in [0.15, 0.2) is 0 Å². The maximum atomic E-state index is 10.9. The zero-order valence-corrected chi connectivity index (χ0v) is 12.9. The van der Waals surface area contributed by atoms with Crippen LogP contribution in [0.15, 0.2) is 0 Å². The fourth-order valence-electron chi connectivity index (χ4n) is 3.14. The largest absolute Gasteiger partial charge is 0.481 e. The van der Waals surface area contributed by atoms with Gasteiger partial charge in [0.1, 0.15) is 0 Å². The van der Waals surface area contributed by atoms with E-state index < -0.39 is 5.97 Å². The third-order valence-corrected chi connectivity index (χ3v) is 4.39. The molecule has 0 radical (unpaired) electrons. The Bertz CT molecular complexity index is 329. The first-order chi connectivity index (χ1) is 9.45. The molecule has 0 aliphatic carbocycles. The van der Waals surface area contributed by atoms with Crippen molar-refractivity contribution in [2.75, 3.05) is 45.9 Å². The van der Waals surface area contributed by atoms with Crippen LogP contribution in [0.2, 0.25) is 0 Å². The summed E-state index contributed by atoms with van der Waals surface area (Å²) in [5.74, 6) is 0.101. The van der Waals surface area contributed by atoms with E-state index in [4.69, 9.17) is 9.84 Å². The van der Waals surface area contributed by atoms with Crippen molar-refractivity contribution in [3.8, 4) is 0 Å². The number of ether oxygens (including phenoxy) is 1. The lowest BCUT2D eigenvalue weighted by molar-refractivity contribution is -0.146. The molecule has 0 bridgehead atoms. The predicted octanol–water partition coefficient (Wildman–Crippen LogP) is 0.996. The van der Waals surface area contributed by atoms with Crippen LogP contribution in [0.4, 0.5) is 0 Å². The fourth-order valence-corrected chi connectivity index (χ4v) is 3.14. The quantitative estimate of drug-likeness (QED) is 0.788. The van der Waals surface area contributed by atoms with Crippen LogP contribution in [0.5, 0.6) is 0 Å². The van der Waals surface area contributed by atoms with Gasteiger partial charge in [-0.2, -0.15) is 0 Å². The number of carboxylic acid groups (broad SMARTS) is 1. The first-order valence-corrected chi connectivity index (χ1v) is 7.74. The molecule has 0 saturated carbocycles. The van der Waals surface area contributed by atoms with Crippen LogP contribution < -0.4 is 0 Å². The summed E-state index contributed by atoms with van der Waals surface area (Å²) >= 11 is 0. The summed E-state index contributed by atoms with van der Waals surface area (Å²) in [6.07, 6.45) is 0.281. The summed E-state index contributed by atoms with van der Waals surface area (Å²) < 4.78 is 5.84. The second-order valence-electron chi connectivity index (χ2n) is 6.75. The van der Waals surface area contributed by atoms with E-state index in [0.717, 1.165) is 45.9 Å². The van der Waals surface area contributed by atoms with Crippen LogP contribution in [0, 0.1) is 17.8 Å². The normalized spacial score (nSPS) is 27.5. The van der Waals surface area contributed by atoms with Crippen molar-refractivity contribution in [1.29, 1.82) is 0 Å². The maximum absolute atomic E-state index is 10.9. The lowest BCUT2D eigenvalue weighted by Crippen LogP contribution is -2.56. The zero-order chi connectivity index (χ0) is 14.7. The molecule has 2 aliphatic heterocycles. The molecule has 2 aliphatic rings. The van der Waals surface area contributed by atoms with Crippen molar-refractivity contribution in [2.45, 2.75) is 26.9 Å². The number of carboxylic acids is 1. The zero-order valence-electron chi connectivity index (χ0n) is 12.9. The first kappa shape index (κ1) is 15.7. The fraction of sp³-hybridized carbons (Fsp3) is 0.933. The Hall–Kier alpha value is -0.650. The lowest BCUT2D eigenvalue weighted by Gasteiger charge is -2.44. The molecule has 1 N–H and O–H groups in total. The number of nitrogens with zero attached hydrogens (tertiary/aromatic N) is 2. The second-order valence-corrected chi connectivity index (χ2v) is 6.75. The Balaban J connectivity index is 1.69. The van der Waals surface area contributed by atoms with Crippen LogP contribution in [0.3, 0.4) is 0 Å². The Kier molecular flexibility index (Phi) is 5.41. The van der Waals surface area contributed by atoms with Crippen LogP contribution in [0.1, 0.15) is 20.8 Å². The molecule has 2 atom stereocenters. The minimum absolute atomic E-state index is 0.226. The maximum Gasteiger partial charge on any atom is 0.306 e. The lowest BCUT2D eigenvalue weighted by atomic mass is 9.87. The van der Waals surface area contributed by atoms with Crippen LogP contribution in [-0.2, 0) is 9.53 Å². The smallest absolute Gasteiger partial charge is 0.306 e. The molecule has 2 saturated heterocycles. The van der Waals surface area contributed by atoms with Gasteiger partial charge in [-0.3, -0.25) is 9.69 Å². The molecular formula is C15H28N2O3. The van der Waals surface area contributed by atoms with Gasteiger partial charge in [0.2, 0.25) is 0 Å². The second kappa shape index (κ2) is 6.87. The van der Waals surface area contributed by atoms with E-state index >= 15 is 0 Å². The van der Waals surface area contributed by atoms with Gasteiger partial charge in [0.25, 0.3) is 0 Å². The standard InChI is InChI=1S/C15H28N2O3/c1-11(2)6-16-4-5-20-14(9-16)10-17-7-13(8-17)12(3)15(18)19/h11-14H,4-10H2,1-3H3,(H,18,19). The molecule has 20 heavy (non-hydrogen) atoms. The minimum atomic E-state index is -0.674. The van der Waals surface area contributed by atoms with Crippen molar-refractivity contribution in [3.05, 3.63) is 0 Å². The van der Waals surface area contributed by atoms with E-state index in [-0.39, 0.29) is 12.0 Å². The molecular weight excluding hydrogens is 256 g/mol. The SMILES string of the molecule is CC(C)CN1CCOC(CN2CC(C(C)C(=O)O)C2)C1. The third kappa shape index (κ3) is 4.17. The third-order valence-electron chi connectivity index (χ3n) is 4.39. The number of hydrogen-bond donors (Lipinski definition) is 1. The molecule has 116 valence electrons. The molecule has 5 nitrogen and oxygen atoms in total. The summed E-state index contributed by atoms with van der Waals surface area (Å²) in [6, 6.07) is 0. The van der Waals surface area contributed by atoms with E-state index in [9.17, 15) is 4.79 Å². The molecule has 0 amide bonds.